The maximum atomic E-state index is 12.4. The highest BCUT2D eigenvalue weighted by Gasteiger charge is 2.23. The number of carbonyl (C=O) groups is 2. The second-order valence-electron chi connectivity index (χ2n) is 6.47. The van der Waals surface area contributed by atoms with Crippen LogP contribution in [0.15, 0.2) is 59.8 Å². The third kappa shape index (κ3) is 5.40. The number of halogens is 1. The second-order valence-corrected chi connectivity index (χ2v) is 8.18. The van der Waals surface area contributed by atoms with Gasteiger partial charge in [0.2, 0.25) is 5.91 Å². The summed E-state index contributed by atoms with van der Waals surface area (Å²) in [6.45, 7) is 4.45. The highest BCUT2D eigenvalue weighted by atomic mass is 35.5. The summed E-state index contributed by atoms with van der Waals surface area (Å²) in [6.07, 6.45) is 0. The predicted molar refractivity (Wildman–Crippen MR) is 119 cm³/mol. The number of nitrogens with one attached hydrogen (secondary N) is 2. The third-order valence-electron chi connectivity index (χ3n) is 4.24. The molecule has 7 nitrogen and oxygen atoms in total. The third-order valence-corrected chi connectivity index (χ3v) is 5.65. The lowest BCUT2D eigenvalue weighted by Crippen LogP contribution is -2.42. The molecule has 30 heavy (non-hydrogen) atoms. The van der Waals surface area contributed by atoms with Crippen LogP contribution in [-0.4, -0.2) is 38.5 Å². The molecule has 0 saturated heterocycles. The molecule has 0 aliphatic heterocycles. The van der Waals surface area contributed by atoms with E-state index in [2.05, 4.69) is 20.8 Å². The van der Waals surface area contributed by atoms with Crippen molar-refractivity contribution in [1.82, 2.24) is 25.4 Å². The Kier molecular flexibility index (Phi) is 7.48. The van der Waals surface area contributed by atoms with Gasteiger partial charge in [-0.3, -0.25) is 14.7 Å². The first-order chi connectivity index (χ1) is 14.5. The summed E-state index contributed by atoms with van der Waals surface area (Å²) in [4.78, 5) is 24.0. The van der Waals surface area contributed by atoms with Crippen LogP contribution in [0.2, 0.25) is 5.02 Å². The van der Waals surface area contributed by atoms with E-state index >= 15 is 0 Å². The number of imide groups is 1. The van der Waals surface area contributed by atoms with Crippen LogP contribution in [-0.2, 0) is 11.3 Å². The summed E-state index contributed by atoms with van der Waals surface area (Å²) in [5.74, 6) is 0.211. The molecule has 1 unspecified atom stereocenters. The van der Waals surface area contributed by atoms with Crippen LogP contribution in [0.3, 0.4) is 0 Å². The van der Waals surface area contributed by atoms with Gasteiger partial charge in [0, 0.05) is 12.1 Å². The fraction of sp³-hybridized carbons (Fsp3) is 0.238. The van der Waals surface area contributed by atoms with Crippen LogP contribution in [0.25, 0.3) is 11.4 Å². The number of carbonyl (C=O) groups excluding carboxylic acids is 2. The van der Waals surface area contributed by atoms with Crippen molar-refractivity contribution in [2.45, 2.75) is 30.8 Å². The fourth-order valence-corrected chi connectivity index (χ4v) is 3.82. The van der Waals surface area contributed by atoms with Crippen LogP contribution in [0, 0.1) is 0 Å². The van der Waals surface area contributed by atoms with Gasteiger partial charge < -0.3 is 5.32 Å². The van der Waals surface area contributed by atoms with E-state index in [0.717, 1.165) is 11.1 Å². The Morgan fingerprint density at radius 3 is 2.50 bits per heavy atom. The lowest BCUT2D eigenvalue weighted by Gasteiger charge is -2.14. The first-order valence-corrected chi connectivity index (χ1v) is 10.7. The maximum absolute atomic E-state index is 12.4. The van der Waals surface area contributed by atoms with Crippen LogP contribution in [0.4, 0.5) is 4.79 Å². The van der Waals surface area contributed by atoms with E-state index < -0.39 is 17.2 Å². The Hall–Kier alpha value is -2.84. The number of amides is 3. The van der Waals surface area contributed by atoms with Crippen molar-refractivity contribution in [3.05, 3.63) is 65.2 Å². The lowest BCUT2D eigenvalue weighted by molar-refractivity contribution is -0.119. The van der Waals surface area contributed by atoms with Gasteiger partial charge in [-0.15, -0.1) is 10.2 Å². The molecular formula is C21H22ClN5O2S. The first kappa shape index (κ1) is 21.9. The molecule has 2 N–H and O–H groups in total. The zero-order chi connectivity index (χ0) is 21.5. The predicted octanol–water partition coefficient (Wildman–Crippen LogP) is 3.97. The number of rotatable bonds is 7. The minimum Gasteiger partial charge on any atom is -0.338 e. The van der Waals surface area contributed by atoms with Crippen molar-refractivity contribution in [2.24, 2.45) is 0 Å². The standard InChI is InChI=1S/C21H22ClN5O2S/c1-3-23-20(29)24-19(28)14(2)30-21-26-25-18(16-11-7-8-12-17(16)22)27(21)13-15-9-5-4-6-10-15/h4-12,14H,3,13H2,1-2H3,(H2,23,24,28,29). The molecule has 1 aromatic heterocycles. The summed E-state index contributed by atoms with van der Waals surface area (Å²) in [5.41, 5.74) is 1.82. The smallest absolute Gasteiger partial charge is 0.321 e. The molecule has 0 radical (unpaired) electrons. The minimum atomic E-state index is -0.551. The van der Waals surface area contributed by atoms with Crippen LogP contribution >= 0.6 is 23.4 Å². The summed E-state index contributed by atoms with van der Waals surface area (Å²) in [6, 6.07) is 16.8. The fourth-order valence-electron chi connectivity index (χ4n) is 2.76. The van der Waals surface area contributed by atoms with Crippen molar-refractivity contribution < 1.29 is 9.59 Å². The number of hydrogen-bond acceptors (Lipinski definition) is 5. The molecule has 3 amide bonds. The maximum Gasteiger partial charge on any atom is 0.321 e. The Morgan fingerprint density at radius 1 is 1.10 bits per heavy atom. The molecule has 0 aliphatic rings. The number of hydrogen-bond donors (Lipinski definition) is 2. The number of urea groups is 1. The highest BCUT2D eigenvalue weighted by Crippen LogP contribution is 2.31. The molecule has 3 rings (SSSR count). The number of thioether (sulfide) groups is 1. The van der Waals surface area contributed by atoms with Gasteiger partial charge in [-0.05, 0) is 31.5 Å². The van der Waals surface area contributed by atoms with E-state index in [9.17, 15) is 9.59 Å². The van der Waals surface area contributed by atoms with Gasteiger partial charge in [0.1, 0.15) is 0 Å². The van der Waals surface area contributed by atoms with Crippen molar-refractivity contribution in [2.75, 3.05) is 6.54 Å². The molecular weight excluding hydrogens is 422 g/mol. The SMILES string of the molecule is CCNC(=O)NC(=O)C(C)Sc1nnc(-c2ccccc2Cl)n1Cc1ccccc1. The van der Waals surface area contributed by atoms with Gasteiger partial charge in [0.25, 0.3) is 0 Å². The second kappa shape index (κ2) is 10.3. The molecule has 0 saturated carbocycles. The van der Waals surface area contributed by atoms with Crippen molar-refractivity contribution in [1.29, 1.82) is 0 Å². The Balaban J connectivity index is 1.89. The van der Waals surface area contributed by atoms with Crippen molar-refractivity contribution in [3.8, 4) is 11.4 Å². The van der Waals surface area contributed by atoms with Crippen LogP contribution < -0.4 is 10.6 Å². The molecule has 0 spiro atoms. The van der Waals surface area contributed by atoms with Gasteiger partial charge >= 0.3 is 6.03 Å². The van der Waals surface area contributed by atoms with Gasteiger partial charge in [0.15, 0.2) is 11.0 Å². The largest absolute Gasteiger partial charge is 0.338 e. The van der Waals surface area contributed by atoms with E-state index in [1.54, 1.807) is 19.9 Å². The van der Waals surface area contributed by atoms with Crippen LogP contribution in [0.5, 0.6) is 0 Å². The molecule has 1 atom stereocenters. The molecule has 1 heterocycles. The quantitative estimate of drug-likeness (QED) is 0.539. The number of nitrogens with zero attached hydrogens (tertiary/aromatic N) is 3. The zero-order valence-electron chi connectivity index (χ0n) is 16.6. The average molecular weight is 444 g/mol. The van der Waals surface area contributed by atoms with Gasteiger partial charge in [-0.25, -0.2) is 4.79 Å². The molecule has 156 valence electrons. The Morgan fingerprint density at radius 2 is 1.80 bits per heavy atom. The molecule has 0 bridgehead atoms. The van der Waals surface area contributed by atoms with Gasteiger partial charge in [-0.1, -0.05) is 65.8 Å². The normalized spacial score (nSPS) is 11.7. The monoisotopic (exact) mass is 443 g/mol. The van der Waals surface area contributed by atoms with Crippen molar-refractivity contribution >= 4 is 35.3 Å². The van der Waals surface area contributed by atoms with E-state index in [1.807, 2.05) is 53.1 Å². The first-order valence-electron chi connectivity index (χ1n) is 9.47. The summed E-state index contributed by atoms with van der Waals surface area (Å²) >= 11 is 7.62. The Bertz CT molecular complexity index is 1030. The zero-order valence-corrected chi connectivity index (χ0v) is 18.2. The van der Waals surface area contributed by atoms with Gasteiger partial charge in [0.05, 0.1) is 16.8 Å². The topological polar surface area (TPSA) is 88.9 Å². The van der Waals surface area contributed by atoms with Crippen molar-refractivity contribution in [3.63, 3.8) is 0 Å². The summed E-state index contributed by atoms with van der Waals surface area (Å²) in [7, 11) is 0. The van der Waals surface area contributed by atoms with E-state index in [-0.39, 0.29) is 0 Å². The molecule has 9 heteroatoms. The molecule has 0 aliphatic carbocycles. The Labute approximate surface area is 184 Å². The lowest BCUT2D eigenvalue weighted by atomic mass is 10.2. The molecule has 0 fully saturated rings. The van der Waals surface area contributed by atoms with E-state index in [1.165, 1.54) is 11.8 Å². The number of aromatic nitrogens is 3. The molecule has 2 aromatic carbocycles. The van der Waals surface area contributed by atoms with E-state index in [0.29, 0.717) is 29.1 Å². The van der Waals surface area contributed by atoms with E-state index in [4.69, 9.17) is 11.6 Å². The minimum absolute atomic E-state index is 0.403. The molecule has 3 aromatic rings. The van der Waals surface area contributed by atoms with Crippen LogP contribution in [0.1, 0.15) is 19.4 Å². The highest BCUT2D eigenvalue weighted by molar-refractivity contribution is 8.00. The van der Waals surface area contributed by atoms with Gasteiger partial charge in [-0.2, -0.15) is 0 Å². The number of benzene rings is 2. The summed E-state index contributed by atoms with van der Waals surface area (Å²) in [5, 5.41) is 14.1. The average Bonchev–Trinajstić information content (AvgIpc) is 3.11. The summed E-state index contributed by atoms with van der Waals surface area (Å²) < 4.78 is 1.93.